The number of aliphatic imine (C=N–C) groups is 1. The predicted octanol–water partition coefficient (Wildman–Crippen LogP) is 3.54. The molecule has 0 aromatic heterocycles. The van der Waals surface area contributed by atoms with E-state index in [4.69, 9.17) is 5.73 Å². The molecule has 0 aliphatic heterocycles. The van der Waals surface area contributed by atoms with Gasteiger partial charge in [-0.1, -0.05) is 37.5 Å². The third kappa shape index (κ3) is 4.31. The average Bonchev–Trinajstić information content (AvgIpc) is 3.19. The first kappa shape index (κ1) is 16.5. The van der Waals surface area contributed by atoms with Gasteiger partial charge < -0.3 is 11.1 Å². The molecule has 2 saturated carbocycles. The quantitative estimate of drug-likeness (QED) is 0.461. The summed E-state index contributed by atoms with van der Waals surface area (Å²) >= 11 is 0. The van der Waals surface area contributed by atoms with Gasteiger partial charge in [0.05, 0.1) is 6.04 Å². The third-order valence-corrected chi connectivity index (χ3v) is 4.32. The molecule has 0 heterocycles. The molecule has 0 bridgehead atoms. The Kier molecular flexibility index (Phi) is 5.84. The predicted molar refractivity (Wildman–Crippen MR) is 94.6 cm³/mol. The minimum absolute atomic E-state index is 0. The normalized spacial score (nSPS) is 26.0. The van der Waals surface area contributed by atoms with Crippen LogP contribution in [0.3, 0.4) is 0 Å². The number of nitrogens with one attached hydrogen (secondary N) is 1. The summed E-state index contributed by atoms with van der Waals surface area (Å²) in [7, 11) is 0. The van der Waals surface area contributed by atoms with Gasteiger partial charge in [-0.25, -0.2) is 9.38 Å². The van der Waals surface area contributed by atoms with Crippen molar-refractivity contribution in [2.45, 2.75) is 56.5 Å². The molecule has 0 spiro atoms. The molecule has 21 heavy (non-hydrogen) atoms. The largest absolute Gasteiger partial charge is 0.370 e. The molecule has 2 atom stereocenters. The lowest BCUT2D eigenvalue weighted by molar-refractivity contribution is 0.412. The van der Waals surface area contributed by atoms with Crippen molar-refractivity contribution >= 4 is 29.9 Å². The van der Waals surface area contributed by atoms with Crippen molar-refractivity contribution in [1.29, 1.82) is 0 Å². The Morgan fingerprint density at radius 3 is 2.62 bits per heavy atom. The Hall–Kier alpha value is -0.850. The van der Waals surface area contributed by atoms with Crippen LogP contribution in [0.5, 0.6) is 0 Å². The second kappa shape index (κ2) is 7.42. The molecular formula is C16H23FIN3. The number of halogens is 2. The van der Waals surface area contributed by atoms with Gasteiger partial charge in [0.2, 0.25) is 0 Å². The molecule has 0 amide bonds. The minimum atomic E-state index is -0.131. The van der Waals surface area contributed by atoms with E-state index in [0.29, 0.717) is 12.0 Å². The highest BCUT2D eigenvalue weighted by Gasteiger charge is 2.40. The number of benzene rings is 1. The third-order valence-electron chi connectivity index (χ3n) is 4.32. The Balaban J connectivity index is 0.00000161. The topological polar surface area (TPSA) is 50.4 Å². The molecule has 2 unspecified atom stereocenters. The summed E-state index contributed by atoms with van der Waals surface area (Å²) in [6.07, 6.45) is 7.12. The summed E-state index contributed by atoms with van der Waals surface area (Å²) < 4.78 is 13.7. The standard InChI is InChI=1S/C16H22FN3.HI/c17-14-9-5-4-8-12(14)13-10-15(13)20-16(18)19-11-6-2-1-3-7-11;/h4-5,8-9,11,13,15H,1-3,6-7,10H2,(H3,18,19,20);1H. The summed E-state index contributed by atoms with van der Waals surface area (Å²) in [5.41, 5.74) is 6.74. The fraction of sp³-hybridized carbons (Fsp3) is 0.562. The van der Waals surface area contributed by atoms with Crippen molar-refractivity contribution in [3.63, 3.8) is 0 Å². The van der Waals surface area contributed by atoms with Crippen LogP contribution in [0.25, 0.3) is 0 Å². The Bertz CT molecular complexity index is 500. The van der Waals surface area contributed by atoms with Crippen molar-refractivity contribution in [2.75, 3.05) is 0 Å². The summed E-state index contributed by atoms with van der Waals surface area (Å²) in [6, 6.07) is 7.57. The van der Waals surface area contributed by atoms with Crippen LogP contribution in [0.2, 0.25) is 0 Å². The summed E-state index contributed by atoms with van der Waals surface area (Å²) in [4.78, 5) is 4.50. The average molecular weight is 403 g/mol. The second-order valence-electron chi connectivity index (χ2n) is 5.92. The van der Waals surface area contributed by atoms with Crippen LogP contribution in [-0.2, 0) is 0 Å². The molecule has 116 valence electrons. The molecule has 0 radical (unpaired) electrons. The van der Waals surface area contributed by atoms with Gasteiger partial charge in [-0.15, -0.1) is 24.0 Å². The second-order valence-corrected chi connectivity index (χ2v) is 5.92. The van der Waals surface area contributed by atoms with Gasteiger partial charge in [0.25, 0.3) is 0 Å². The van der Waals surface area contributed by atoms with Gasteiger partial charge in [-0.05, 0) is 30.9 Å². The Morgan fingerprint density at radius 1 is 1.19 bits per heavy atom. The van der Waals surface area contributed by atoms with Gasteiger partial charge >= 0.3 is 0 Å². The van der Waals surface area contributed by atoms with Crippen LogP contribution in [-0.4, -0.2) is 18.0 Å². The lowest BCUT2D eigenvalue weighted by Gasteiger charge is -2.23. The maximum absolute atomic E-state index is 13.7. The van der Waals surface area contributed by atoms with Crippen molar-refractivity contribution in [3.8, 4) is 0 Å². The molecule has 1 aromatic carbocycles. The fourth-order valence-corrected chi connectivity index (χ4v) is 3.11. The molecule has 5 heteroatoms. The zero-order valence-electron chi connectivity index (χ0n) is 12.1. The molecule has 1 aromatic rings. The van der Waals surface area contributed by atoms with Crippen molar-refractivity contribution < 1.29 is 4.39 Å². The molecule has 3 nitrogen and oxygen atoms in total. The van der Waals surface area contributed by atoms with Crippen LogP contribution in [0.4, 0.5) is 4.39 Å². The van der Waals surface area contributed by atoms with Crippen LogP contribution in [0, 0.1) is 5.82 Å². The van der Waals surface area contributed by atoms with Crippen LogP contribution >= 0.6 is 24.0 Å². The number of hydrogen-bond donors (Lipinski definition) is 2. The number of hydrogen-bond acceptors (Lipinski definition) is 1. The fourth-order valence-electron chi connectivity index (χ4n) is 3.11. The Labute approximate surface area is 142 Å². The first-order valence-corrected chi connectivity index (χ1v) is 7.58. The summed E-state index contributed by atoms with van der Waals surface area (Å²) in [5.74, 6) is 0.595. The zero-order valence-corrected chi connectivity index (χ0v) is 14.4. The van der Waals surface area contributed by atoms with Gasteiger partial charge in [0, 0.05) is 12.0 Å². The van der Waals surface area contributed by atoms with Gasteiger partial charge in [0.15, 0.2) is 5.96 Å². The number of guanidine groups is 1. The van der Waals surface area contributed by atoms with E-state index in [0.717, 1.165) is 12.0 Å². The maximum Gasteiger partial charge on any atom is 0.189 e. The van der Waals surface area contributed by atoms with E-state index in [1.54, 1.807) is 6.07 Å². The minimum Gasteiger partial charge on any atom is -0.370 e. The van der Waals surface area contributed by atoms with Crippen molar-refractivity contribution in [3.05, 3.63) is 35.6 Å². The van der Waals surface area contributed by atoms with Crippen LogP contribution in [0.15, 0.2) is 29.3 Å². The molecule has 0 saturated heterocycles. The van der Waals surface area contributed by atoms with E-state index < -0.39 is 0 Å². The molecule has 3 N–H and O–H groups in total. The maximum atomic E-state index is 13.7. The molecule has 2 fully saturated rings. The van der Waals surface area contributed by atoms with Gasteiger partial charge in [-0.3, -0.25) is 0 Å². The van der Waals surface area contributed by atoms with Crippen LogP contribution in [0.1, 0.15) is 50.0 Å². The highest BCUT2D eigenvalue weighted by atomic mass is 127. The van der Waals surface area contributed by atoms with Gasteiger partial charge in [-0.2, -0.15) is 0 Å². The van der Waals surface area contributed by atoms with Crippen molar-refractivity contribution in [2.24, 2.45) is 10.7 Å². The Morgan fingerprint density at radius 2 is 1.90 bits per heavy atom. The summed E-state index contributed by atoms with van der Waals surface area (Å²) in [5, 5.41) is 3.31. The van der Waals surface area contributed by atoms with E-state index in [9.17, 15) is 4.39 Å². The first-order valence-electron chi connectivity index (χ1n) is 7.58. The number of nitrogens with two attached hydrogens (primary N) is 1. The van der Waals surface area contributed by atoms with Gasteiger partial charge in [0.1, 0.15) is 5.82 Å². The van der Waals surface area contributed by atoms with E-state index in [1.165, 1.54) is 38.2 Å². The lowest BCUT2D eigenvalue weighted by atomic mass is 9.96. The summed E-state index contributed by atoms with van der Waals surface area (Å²) in [6.45, 7) is 0. The van der Waals surface area contributed by atoms with E-state index in [-0.39, 0.29) is 41.8 Å². The van der Waals surface area contributed by atoms with E-state index >= 15 is 0 Å². The molecular weight excluding hydrogens is 380 g/mol. The SMILES string of the molecule is I.NC(=NC1CC1c1ccccc1F)NC1CCCCC1. The highest BCUT2D eigenvalue weighted by molar-refractivity contribution is 14.0. The smallest absolute Gasteiger partial charge is 0.189 e. The van der Waals surface area contributed by atoms with Crippen LogP contribution < -0.4 is 11.1 Å². The number of nitrogens with zero attached hydrogens (tertiary/aromatic N) is 1. The molecule has 2 aliphatic carbocycles. The highest BCUT2D eigenvalue weighted by Crippen LogP contribution is 2.44. The van der Waals surface area contributed by atoms with E-state index in [1.807, 2.05) is 12.1 Å². The molecule has 3 rings (SSSR count). The number of rotatable bonds is 3. The van der Waals surface area contributed by atoms with Crippen molar-refractivity contribution in [1.82, 2.24) is 5.32 Å². The monoisotopic (exact) mass is 403 g/mol. The first-order chi connectivity index (χ1) is 9.74. The lowest BCUT2D eigenvalue weighted by Crippen LogP contribution is -2.41. The zero-order chi connectivity index (χ0) is 13.9. The molecule has 2 aliphatic rings. The van der Waals surface area contributed by atoms with E-state index in [2.05, 4.69) is 10.3 Å².